The van der Waals surface area contributed by atoms with Gasteiger partial charge in [0.2, 0.25) is 16.6 Å². The molecular formula is C21H54NO8PSi5. The number of rotatable bonds is 17. The summed E-state index contributed by atoms with van der Waals surface area (Å²) >= 11 is 0. The van der Waals surface area contributed by atoms with Crippen molar-refractivity contribution in [3.8, 4) is 0 Å². The van der Waals surface area contributed by atoms with Gasteiger partial charge in [-0.25, -0.2) is 8.43 Å². The van der Waals surface area contributed by atoms with Gasteiger partial charge >= 0.3 is 8.17 Å². The number of hydrogen-bond acceptors (Lipinski definition) is 9. The third-order valence-electron chi connectivity index (χ3n) is 3.66. The van der Waals surface area contributed by atoms with Crippen molar-refractivity contribution in [2.75, 3.05) is 13.7 Å². The number of hydrogen-bond donors (Lipinski definition) is 0. The molecule has 0 rings (SSSR count). The van der Waals surface area contributed by atoms with Gasteiger partial charge in [-0.1, -0.05) is 5.16 Å². The van der Waals surface area contributed by atoms with Crippen molar-refractivity contribution in [3.63, 3.8) is 0 Å². The highest BCUT2D eigenvalue weighted by Gasteiger charge is 2.46. The minimum Gasteiger partial charge on any atom is -0.607 e. The molecule has 216 valence electrons. The Morgan fingerprint density at radius 3 is 1.42 bits per heavy atom. The molecular weight excluding hydrogens is 566 g/mol. The summed E-state index contributed by atoms with van der Waals surface area (Å²) in [6, 6.07) is 0. The van der Waals surface area contributed by atoms with Crippen LogP contribution in [-0.4, -0.2) is 79.8 Å². The molecule has 0 aliphatic carbocycles. The lowest BCUT2D eigenvalue weighted by Gasteiger charge is -2.41. The van der Waals surface area contributed by atoms with Crippen molar-refractivity contribution in [2.45, 2.75) is 117 Å². The molecule has 0 unspecified atom stereocenters. The minimum atomic E-state index is -3.84. The minimum absolute atomic E-state index is 0.0297. The van der Waals surface area contributed by atoms with E-state index in [1.165, 1.54) is 7.11 Å². The Hall–Kier alpha value is 0.704. The fourth-order valence-corrected chi connectivity index (χ4v) is 12.9. The van der Waals surface area contributed by atoms with Crippen molar-refractivity contribution in [2.24, 2.45) is 5.16 Å². The first-order valence-corrected chi connectivity index (χ1v) is 31.0. The fourth-order valence-electron chi connectivity index (χ4n) is 3.03. The van der Waals surface area contributed by atoms with E-state index in [1.54, 1.807) is 6.21 Å². The molecule has 0 heterocycles. The monoisotopic (exact) mass is 619 g/mol. The summed E-state index contributed by atoms with van der Waals surface area (Å²) in [5.41, 5.74) is 0. The number of oxime groups is 1. The standard InChI is InChI=1S/C21H54NO8PSi5/c1-24-22-17-19(26-32(2,3)4)21(28-34(8,9)10)20(27-33(5,6)7)18-25-31(23,29-35(11,12)13)30-36(14,15)16/h17,19-21H,18H2,1-16H3/b22-17-/t19-,20+,21-/m0/s1. The highest BCUT2D eigenvalue weighted by atomic mass is 31.2. The maximum absolute atomic E-state index is 13.8. The maximum atomic E-state index is 13.8. The molecule has 0 aliphatic heterocycles. The molecule has 0 saturated carbocycles. The second-order valence-corrected chi connectivity index (χ2v) is 38.2. The van der Waals surface area contributed by atoms with Gasteiger partial charge in [0.15, 0.2) is 25.0 Å². The van der Waals surface area contributed by atoms with Crippen LogP contribution in [0, 0.1) is 0 Å². The Labute approximate surface area is 226 Å². The largest absolute Gasteiger partial charge is 0.607 e. The number of phosphoric acid groups is 1. The van der Waals surface area contributed by atoms with Crippen molar-refractivity contribution >= 4 is 56.0 Å². The van der Waals surface area contributed by atoms with Crippen LogP contribution < -0.4 is 4.89 Å². The third-order valence-corrected chi connectivity index (χ3v) is 13.3. The molecule has 0 fully saturated rings. The normalized spacial score (nSPS) is 17.4. The van der Waals surface area contributed by atoms with E-state index in [0.717, 1.165) is 0 Å². The van der Waals surface area contributed by atoms with Crippen molar-refractivity contribution in [1.82, 2.24) is 0 Å². The molecule has 0 aromatic carbocycles. The lowest BCUT2D eigenvalue weighted by Crippen LogP contribution is -2.55. The highest BCUT2D eigenvalue weighted by Crippen LogP contribution is 2.58. The molecule has 0 aromatic heterocycles. The van der Waals surface area contributed by atoms with Crippen molar-refractivity contribution in [3.05, 3.63) is 0 Å². The van der Waals surface area contributed by atoms with Crippen molar-refractivity contribution in [1.29, 1.82) is 0 Å². The Morgan fingerprint density at radius 2 is 1.08 bits per heavy atom. The summed E-state index contributed by atoms with van der Waals surface area (Å²) in [4.78, 5) is 18.8. The molecule has 0 N–H and O–H groups in total. The zero-order valence-electron chi connectivity index (χ0n) is 25.7. The summed E-state index contributed by atoms with van der Waals surface area (Å²) < 4.78 is 37.9. The quantitative estimate of drug-likeness (QED) is 0.0841. The second kappa shape index (κ2) is 13.9. The lowest BCUT2D eigenvalue weighted by atomic mass is 10.1. The van der Waals surface area contributed by atoms with Gasteiger partial charge < -0.3 is 23.0 Å². The SMILES string of the molecule is CO/N=C\[C@H](O[Si](C)(C)C)[C@H](O[Si](C)(C)C)[C@@H](CO[P+]([O-])(O[Si](C)(C)C)O[Si](C)(C)C)O[Si](C)(C)C. The van der Waals surface area contributed by atoms with Crippen LogP contribution in [-0.2, 0) is 31.1 Å². The summed E-state index contributed by atoms with van der Waals surface area (Å²) in [5, 5.41) is 4.02. The van der Waals surface area contributed by atoms with E-state index < -0.39 is 68.1 Å². The van der Waals surface area contributed by atoms with Gasteiger partial charge in [-0.3, -0.25) is 0 Å². The first-order valence-electron chi connectivity index (χ1n) is 12.5. The Kier molecular flexibility index (Phi) is 14.1. The van der Waals surface area contributed by atoms with E-state index in [-0.39, 0.29) is 6.61 Å². The van der Waals surface area contributed by atoms with E-state index in [0.29, 0.717) is 0 Å². The molecule has 0 aromatic rings. The van der Waals surface area contributed by atoms with Gasteiger partial charge in [-0.15, -0.1) is 0 Å². The van der Waals surface area contributed by atoms with Gasteiger partial charge in [0, 0.05) is 0 Å². The van der Waals surface area contributed by atoms with Crippen LogP contribution in [0.4, 0.5) is 0 Å². The molecule has 15 heteroatoms. The van der Waals surface area contributed by atoms with Gasteiger partial charge in [0.25, 0.3) is 0 Å². The van der Waals surface area contributed by atoms with Gasteiger partial charge in [-0.2, -0.15) is 4.52 Å². The second-order valence-electron chi connectivity index (χ2n) is 13.7. The zero-order chi connectivity index (χ0) is 28.8. The van der Waals surface area contributed by atoms with Crippen LogP contribution in [0.2, 0.25) is 98.2 Å². The molecule has 0 amide bonds. The van der Waals surface area contributed by atoms with Crippen molar-refractivity contribution < 1.29 is 36.0 Å². The topological polar surface area (TPSA) is 100 Å². The smallest absolute Gasteiger partial charge is 0.356 e. The summed E-state index contributed by atoms with van der Waals surface area (Å²) in [6.45, 7) is 30.7. The average Bonchev–Trinajstić information content (AvgIpc) is 2.54. The molecule has 3 atom stereocenters. The van der Waals surface area contributed by atoms with Crippen LogP contribution in [0.15, 0.2) is 5.16 Å². The lowest BCUT2D eigenvalue weighted by molar-refractivity contribution is -0.235. The maximum Gasteiger partial charge on any atom is 0.356 e. The summed E-state index contributed by atoms with van der Waals surface area (Å²) in [7, 11) is -13.1. The Bertz CT molecular complexity index is 668. The van der Waals surface area contributed by atoms with E-state index in [9.17, 15) is 4.89 Å². The average molecular weight is 620 g/mol. The van der Waals surface area contributed by atoms with Crippen LogP contribution in [0.1, 0.15) is 0 Å². The van der Waals surface area contributed by atoms with Gasteiger partial charge in [0.1, 0.15) is 32.0 Å². The first-order chi connectivity index (χ1) is 15.7. The molecule has 0 saturated heterocycles. The zero-order valence-corrected chi connectivity index (χ0v) is 31.6. The highest BCUT2D eigenvalue weighted by molar-refractivity contribution is 7.57. The molecule has 9 nitrogen and oxygen atoms in total. The van der Waals surface area contributed by atoms with Crippen LogP contribution in [0.25, 0.3) is 0 Å². The molecule has 0 aliphatic rings. The van der Waals surface area contributed by atoms with E-state index in [4.69, 9.17) is 31.1 Å². The molecule has 0 spiro atoms. The van der Waals surface area contributed by atoms with E-state index >= 15 is 0 Å². The molecule has 0 bridgehead atoms. The molecule has 36 heavy (non-hydrogen) atoms. The van der Waals surface area contributed by atoms with Gasteiger partial charge in [-0.05, 0) is 98.2 Å². The Morgan fingerprint density at radius 1 is 0.667 bits per heavy atom. The predicted molar refractivity (Wildman–Crippen MR) is 162 cm³/mol. The molecule has 0 radical (unpaired) electrons. The first kappa shape index (κ1) is 36.7. The number of nitrogens with zero attached hydrogens (tertiary/aromatic N) is 1. The fraction of sp³-hybridized carbons (Fsp3) is 0.952. The van der Waals surface area contributed by atoms with E-state index in [2.05, 4.69) is 64.1 Å². The van der Waals surface area contributed by atoms with Crippen LogP contribution >= 0.6 is 8.17 Å². The Balaban J connectivity index is 6.47. The van der Waals surface area contributed by atoms with Crippen LogP contribution in [0.3, 0.4) is 0 Å². The van der Waals surface area contributed by atoms with E-state index in [1.807, 2.05) is 39.3 Å². The van der Waals surface area contributed by atoms with Crippen LogP contribution in [0.5, 0.6) is 0 Å². The summed E-state index contributed by atoms with van der Waals surface area (Å²) in [6.07, 6.45) is -0.0537. The van der Waals surface area contributed by atoms with Gasteiger partial charge in [0.05, 0.1) is 6.21 Å². The summed E-state index contributed by atoms with van der Waals surface area (Å²) in [5.74, 6) is 0. The predicted octanol–water partition coefficient (Wildman–Crippen LogP) is 6.04. The third kappa shape index (κ3) is 18.9.